The molecule has 1 heterocycles. The molecule has 1 aromatic carbocycles. The third kappa shape index (κ3) is 1.90. The monoisotopic (exact) mass is 281 g/mol. The molecule has 0 unspecified atom stereocenters. The standard InChI is InChI=1S/C12H12BrNO2/c1-7-3-4-9(8(2)5-7)11-10(6-15)12(13)16-14-11/h3-5,15H,6H2,1-2H3. The third-order valence-electron chi connectivity index (χ3n) is 2.54. The van der Waals surface area contributed by atoms with Crippen molar-refractivity contribution in [3.63, 3.8) is 0 Å². The van der Waals surface area contributed by atoms with Gasteiger partial charge in [-0.2, -0.15) is 0 Å². The Morgan fingerprint density at radius 3 is 2.75 bits per heavy atom. The minimum atomic E-state index is -0.0905. The molecular formula is C12H12BrNO2. The van der Waals surface area contributed by atoms with E-state index in [0.717, 1.165) is 11.1 Å². The van der Waals surface area contributed by atoms with Crippen molar-refractivity contribution >= 4 is 15.9 Å². The van der Waals surface area contributed by atoms with Crippen LogP contribution in [0.25, 0.3) is 11.3 Å². The van der Waals surface area contributed by atoms with E-state index in [1.807, 2.05) is 26.0 Å². The predicted molar refractivity (Wildman–Crippen MR) is 65.0 cm³/mol. The van der Waals surface area contributed by atoms with E-state index in [-0.39, 0.29) is 6.61 Å². The molecular weight excluding hydrogens is 270 g/mol. The van der Waals surface area contributed by atoms with E-state index >= 15 is 0 Å². The van der Waals surface area contributed by atoms with Crippen molar-refractivity contribution < 1.29 is 9.63 Å². The minimum Gasteiger partial charge on any atom is -0.391 e. The Morgan fingerprint density at radius 2 is 2.12 bits per heavy atom. The van der Waals surface area contributed by atoms with Gasteiger partial charge in [-0.15, -0.1) is 0 Å². The smallest absolute Gasteiger partial charge is 0.208 e. The summed E-state index contributed by atoms with van der Waals surface area (Å²) >= 11 is 3.22. The van der Waals surface area contributed by atoms with Gasteiger partial charge in [-0.3, -0.25) is 0 Å². The fourth-order valence-electron chi connectivity index (χ4n) is 1.72. The van der Waals surface area contributed by atoms with Crippen molar-refractivity contribution in [2.24, 2.45) is 0 Å². The summed E-state index contributed by atoms with van der Waals surface area (Å²) in [6.45, 7) is 3.97. The summed E-state index contributed by atoms with van der Waals surface area (Å²) in [5, 5.41) is 13.2. The number of hydrogen-bond acceptors (Lipinski definition) is 3. The average Bonchev–Trinajstić information content (AvgIpc) is 2.59. The molecule has 4 heteroatoms. The first-order chi connectivity index (χ1) is 7.63. The Labute approximate surface area is 102 Å². The van der Waals surface area contributed by atoms with Gasteiger partial charge in [-0.25, -0.2) is 0 Å². The quantitative estimate of drug-likeness (QED) is 0.920. The first kappa shape index (κ1) is 11.4. The molecule has 1 aromatic heterocycles. The van der Waals surface area contributed by atoms with Gasteiger partial charge in [-0.1, -0.05) is 28.9 Å². The van der Waals surface area contributed by atoms with Crippen LogP contribution in [0.4, 0.5) is 0 Å². The van der Waals surface area contributed by atoms with E-state index in [1.165, 1.54) is 5.56 Å². The number of halogens is 1. The lowest BCUT2D eigenvalue weighted by molar-refractivity contribution is 0.278. The first-order valence-electron chi connectivity index (χ1n) is 4.96. The number of nitrogens with zero attached hydrogens (tertiary/aromatic N) is 1. The van der Waals surface area contributed by atoms with Crippen LogP contribution in [-0.4, -0.2) is 10.3 Å². The first-order valence-corrected chi connectivity index (χ1v) is 5.75. The Bertz CT molecular complexity index is 520. The zero-order chi connectivity index (χ0) is 11.7. The number of aliphatic hydroxyl groups is 1. The summed E-state index contributed by atoms with van der Waals surface area (Å²) < 4.78 is 5.52. The van der Waals surface area contributed by atoms with Crippen molar-refractivity contribution in [3.05, 3.63) is 39.6 Å². The van der Waals surface area contributed by atoms with Gasteiger partial charge >= 0.3 is 0 Å². The van der Waals surface area contributed by atoms with Crippen molar-refractivity contribution in [2.75, 3.05) is 0 Å². The van der Waals surface area contributed by atoms with Crippen LogP contribution in [0.2, 0.25) is 0 Å². The highest BCUT2D eigenvalue weighted by molar-refractivity contribution is 9.10. The number of aromatic nitrogens is 1. The highest BCUT2D eigenvalue weighted by Crippen LogP contribution is 2.31. The minimum absolute atomic E-state index is 0.0905. The highest BCUT2D eigenvalue weighted by Gasteiger charge is 2.16. The van der Waals surface area contributed by atoms with Crippen LogP contribution in [0.15, 0.2) is 27.4 Å². The number of aliphatic hydroxyl groups excluding tert-OH is 1. The molecule has 0 atom stereocenters. The van der Waals surface area contributed by atoms with Gasteiger partial charge in [0.05, 0.1) is 12.2 Å². The maximum Gasteiger partial charge on any atom is 0.208 e. The maximum atomic E-state index is 9.26. The van der Waals surface area contributed by atoms with Crippen LogP contribution in [0.1, 0.15) is 16.7 Å². The Balaban J connectivity index is 2.58. The molecule has 0 amide bonds. The van der Waals surface area contributed by atoms with Gasteiger partial charge in [-0.05, 0) is 35.3 Å². The average molecular weight is 282 g/mol. The fourth-order valence-corrected chi connectivity index (χ4v) is 2.10. The van der Waals surface area contributed by atoms with Crippen LogP contribution in [0.3, 0.4) is 0 Å². The van der Waals surface area contributed by atoms with E-state index in [4.69, 9.17) is 4.52 Å². The topological polar surface area (TPSA) is 46.3 Å². The second-order valence-corrected chi connectivity index (χ2v) is 4.48. The Kier molecular flexibility index (Phi) is 3.12. The van der Waals surface area contributed by atoms with E-state index in [1.54, 1.807) is 0 Å². The van der Waals surface area contributed by atoms with Crippen LogP contribution in [0.5, 0.6) is 0 Å². The summed E-state index contributed by atoms with van der Waals surface area (Å²) in [6.07, 6.45) is 0. The summed E-state index contributed by atoms with van der Waals surface area (Å²) in [7, 11) is 0. The molecule has 0 fully saturated rings. The number of benzene rings is 1. The van der Waals surface area contributed by atoms with Gasteiger partial charge in [0.2, 0.25) is 4.67 Å². The van der Waals surface area contributed by atoms with Gasteiger partial charge in [0, 0.05) is 5.56 Å². The van der Waals surface area contributed by atoms with E-state index in [0.29, 0.717) is 15.9 Å². The SMILES string of the molecule is Cc1ccc(-c2noc(Br)c2CO)c(C)c1. The van der Waals surface area contributed by atoms with Crippen LogP contribution < -0.4 is 0 Å². The molecule has 1 N–H and O–H groups in total. The van der Waals surface area contributed by atoms with Crippen molar-refractivity contribution in [3.8, 4) is 11.3 Å². The van der Waals surface area contributed by atoms with Crippen LogP contribution in [-0.2, 0) is 6.61 Å². The second-order valence-electron chi connectivity index (χ2n) is 3.76. The predicted octanol–water partition coefficient (Wildman–Crippen LogP) is 3.21. The van der Waals surface area contributed by atoms with E-state index < -0.39 is 0 Å². The van der Waals surface area contributed by atoms with Gasteiger partial charge in [0.1, 0.15) is 5.69 Å². The van der Waals surface area contributed by atoms with Gasteiger partial charge in [0.25, 0.3) is 0 Å². The molecule has 0 spiro atoms. The van der Waals surface area contributed by atoms with E-state index in [2.05, 4.69) is 27.2 Å². The van der Waals surface area contributed by atoms with Crippen molar-refractivity contribution in [2.45, 2.75) is 20.5 Å². The lowest BCUT2D eigenvalue weighted by atomic mass is 10.0. The summed E-state index contributed by atoms with van der Waals surface area (Å²) in [4.78, 5) is 0. The van der Waals surface area contributed by atoms with Crippen LogP contribution >= 0.6 is 15.9 Å². The Hall–Kier alpha value is -1.13. The zero-order valence-corrected chi connectivity index (χ0v) is 10.7. The molecule has 2 aromatic rings. The third-order valence-corrected chi connectivity index (χ3v) is 3.16. The molecule has 0 saturated carbocycles. The van der Waals surface area contributed by atoms with Crippen LogP contribution in [0, 0.1) is 13.8 Å². The highest BCUT2D eigenvalue weighted by atomic mass is 79.9. The molecule has 2 rings (SSSR count). The van der Waals surface area contributed by atoms with E-state index in [9.17, 15) is 5.11 Å². The van der Waals surface area contributed by atoms with Crippen molar-refractivity contribution in [1.82, 2.24) is 5.16 Å². The molecule has 0 aliphatic rings. The lowest BCUT2D eigenvalue weighted by Crippen LogP contribution is -1.90. The normalized spacial score (nSPS) is 10.8. The molecule has 16 heavy (non-hydrogen) atoms. The fraction of sp³-hybridized carbons (Fsp3) is 0.250. The summed E-state index contributed by atoms with van der Waals surface area (Å²) in [5.74, 6) is 0. The van der Waals surface area contributed by atoms with Gasteiger partial charge in [0.15, 0.2) is 0 Å². The second kappa shape index (κ2) is 4.39. The maximum absolute atomic E-state index is 9.26. The molecule has 0 saturated heterocycles. The molecule has 0 aliphatic carbocycles. The number of hydrogen-bond donors (Lipinski definition) is 1. The molecule has 0 radical (unpaired) electrons. The van der Waals surface area contributed by atoms with Gasteiger partial charge < -0.3 is 9.63 Å². The summed E-state index contributed by atoms with van der Waals surface area (Å²) in [5.41, 5.74) is 4.70. The summed E-state index contributed by atoms with van der Waals surface area (Å²) in [6, 6.07) is 6.10. The molecule has 84 valence electrons. The lowest BCUT2D eigenvalue weighted by Gasteiger charge is -2.04. The largest absolute Gasteiger partial charge is 0.391 e. The number of aryl methyl sites for hydroxylation is 2. The molecule has 3 nitrogen and oxygen atoms in total. The molecule has 0 aliphatic heterocycles. The Morgan fingerprint density at radius 1 is 1.38 bits per heavy atom. The molecule has 0 bridgehead atoms. The van der Waals surface area contributed by atoms with Crippen molar-refractivity contribution in [1.29, 1.82) is 0 Å². The zero-order valence-electron chi connectivity index (χ0n) is 9.12. The number of rotatable bonds is 2.